The normalized spacial score (nSPS) is 15.6. The van der Waals surface area contributed by atoms with Crippen molar-refractivity contribution in [2.24, 2.45) is 5.92 Å². The Hall–Kier alpha value is -1.84. The van der Waals surface area contributed by atoms with E-state index >= 15 is 0 Å². The van der Waals surface area contributed by atoms with Crippen LogP contribution in [-0.2, 0) is 0 Å². The molecule has 22 heavy (non-hydrogen) atoms. The van der Waals surface area contributed by atoms with Crippen molar-refractivity contribution in [2.45, 2.75) is 59.4 Å². The molecule has 1 unspecified atom stereocenters. The zero-order valence-electron chi connectivity index (χ0n) is 14.2. The largest absolute Gasteiger partial charge is 0.366 e. The summed E-state index contributed by atoms with van der Waals surface area (Å²) in [7, 11) is 0. The third kappa shape index (κ3) is 5.17. The lowest BCUT2D eigenvalue weighted by molar-refractivity contribution is 0.527. The SMILES string of the molecule is Cc1nc(NC2=CCCC=C2)cnc1NC(C)CCC(C)C. The van der Waals surface area contributed by atoms with E-state index in [1.807, 2.05) is 6.92 Å². The van der Waals surface area contributed by atoms with Crippen molar-refractivity contribution in [3.8, 4) is 0 Å². The summed E-state index contributed by atoms with van der Waals surface area (Å²) in [4.78, 5) is 9.13. The molecule has 2 rings (SSSR count). The van der Waals surface area contributed by atoms with E-state index in [4.69, 9.17) is 0 Å². The third-order valence-electron chi connectivity index (χ3n) is 3.77. The van der Waals surface area contributed by atoms with Crippen molar-refractivity contribution in [1.82, 2.24) is 9.97 Å². The molecular weight excluding hydrogens is 272 g/mol. The summed E-state index contributed by atoms with van der Waals surface area (Å²) in [5.41, 5.74) is 2.03. The molecule has 4 nitrogen and oxygen atoms in total. The van der Waals surface area contributed by atoms with Crippen molar-refractivity contribution in [1.29, 1.82) is 0 Å². The van der Waals surface area contributed by atoms with Crippen molar-refractivity contribution in [3.05, 3.63) is 35.8 Å². The zero-order chi connectivity index (χ0) is 15.9. The molecule has 0 aromatic carbocycles. The van der Waals surface area contributed by atoms with Gasteiger partial charge in [0.25, 0.3) is 0 Å². The molecule has 0 saturated heterocycles. The molecular formula is C18H28N4. The molecule has 0 radical (unpaired) electrons. The second-order valence-electron chi connectivity index (χ2n) is 6.47. The highest BCUT2D eigenvalue weighted by Crippen LogP contribution is 2.18. The van der Waals surface area contributed by atoms with Gasteiger partial charge in [-0.3, -0.25) is 0 Å². The maximum Gasteiger partial charge on any atom is 0.149 e. The van der Waals surface area contributed by atoms with Crippen molar-refractivity contribution in [3.63, 3.8) is 0 Å². The van der Waals surface area contributed by atoms with Crippen LogP contribution in [0.1, 0.15) is 52.1 Å². The third-order valence-corrected chi connectivity index (χ3v) is 3.77. The Morgan fingerprint density at radius 1 is 1.18 bits per heavy atom. The van der Waals surface area contributed by atoms with Gasteiger partial charge in [0.15, 0.2) is 0 Å². The minimum atomic E-state index is 0.415. The van der Waals surface area contributed by atoms with E-state index in [-0.39, 0.29) is 0 Å². The van der Waals surface area contributed by atoms with Gasteiger partial charge in [0.05, 0.1) is 11.9 Å². The monoisotopic (exact) mass is 300 g/mol. The summed E-state index contributed by atoms with van der Waals surface area (Å²) in [6, 6.07) is 0.415. The number of aromatic nitrogens is 2. The minimum absolute atomic E-state index is 0.415. The van der Waals surface area contributed by atoms with E-state index in [0.29, 0.717) is 6.04 Å². The van der Waals surface area contributed by atoms with Crippen LogP contribution in [0.25, 0.3) is 0 Å². The average molecular weight is 300 g/mol. The number of allylic oxidation sites excluding steroid dienone is 3. The van der Waals surface area contributed by atoms with Crippen LogP contribution in [0, 0.1) is 12.8 Å². The van der Waals surface area contributed by atoms with E-state index in [1.54, 1.807) is 6.20 Å². The van der Waals surface area contributed by atoms with Gasteiger partial charge >= 0.3 is 0 Å². The quantitative estimate of drug-likeness (QED) is 0.768. The Labute approximate surface area is 134 Å². The topological polar surface area (TPSA) is 49.8 Å². The Kier molecular flexibility index (Phi) is 5.99. The van der Waals surface area contributed by atoms with Crippen molar-refractivity contribution >= 4 is 11.6 Å². The Morgan fingerprint density at radius 3 is 2.64 bits per heavy atom. The van der Waals surface area contributed by atoms with Crippen LogP contribution < -0.4 is 10.6 Å². The fourth-order valence-corrected chi connectivity index (χ4v) is 2.43. The second kappa shape index (κ2) is 7.97. The fraction of sp³-hybridized carbons (Fsp3) is 0.556. The number of rotatable bonds is 7. The van der Waals surface area contributed by atoms with Crippen LogP contribution in [0.5, 0.6) is 0 Å². The molecule has 1 atom stereocenters. The molecule has 1 aromatic heterocycles. The fourth-order valence-electron chi connectivity index (χ4n) is 2.43. The summed E-state index contributed by atoms with van der Waals surface area (Å²) in [5, 5.41) is 6.78. The van der Waals surface area contributed by atoms with Crippen LogP contribution in [0.15, 0.2) is 30.1 Å². The predicted molar refractivity (Wildman–Crippen MR) is 94.0 cm³/mol. The first-order valence-corrected chi connectivity index (χ1v) is 8.28. The van der Waals surface area contributed by atoms with Crippen molar-refractivity contribution < 1.29 is 0 Å². The molecule has 120 valence electrons. The first-order chi connectivity index (χ1) is 10.5. The highest BCUT2D eigenvalue weighted by molar-refractivity contribution is 5.49. The Bertz CT molecular complexity index is 546. The van der Waals surface area contributed by atoms with Crippen LogP contribution in [0.2, 0.25) is 0 Å². The summed E-state index contributed by atoms with van der Waals surface area (Å²) in [6.07, 6.45) is 12.8. The summed E-state index contributed by atoms with van der Waals surface area (Å²) in [6.45, 7) is 8.72. The van der Waals surface area contributed by atoms with Crippen LogP contribution in [0.3, 0.4) is 0 Å². The van der Waals surface area contributed by atoms with Crippen LogP contribution in [-0.4, -0.2) is 16.0 Å². The lowest BCUT2D eigenvalue weighted by Crippen LogP contribution is -2.18. The molecule has 2 N–H and O–H groups in total. The van der Waals surface area contributed by atoms with Gasteiger partial charge in [-0.05, 0) is 51.5 Å². The molecule has 4 heteroatoms. The highest BCUT2D eigenvalue weighted by Gasteiger charge is 2.09. The highest BCUT2D eigenvalue weighted by atomic mass is 15.1. The zero-order valence-corrected chi connectivity index (χ0v) is 14.2. The van der Waals surface area contributed by atoms with E-state index in [1.165, 1.54) is 6.42 Å². The number of nitrogens with one attached hydrogen (secondary N) is 2. The molecule has 0 aliphatic heterocycles. The Morgan fingerprint density at radius 2 is 2.00 bits per heavy atom. The second-order valence-corrected chi connectivity index (χ2v) is 6.47. The van der Waals surface area contributed by atoms with Gasteiger partial charge in [-0.25, -0.2) is 9.97 Å². The molecule has 1 heterocycles. The average Bonchev–Trinajstić information content (AvgIpc) is 2.49. The first kappa shape index (κ1) is 16.5. The van der Waals surface area contributed by atoms with E-state index in [2.05, 4.69) is 59.6 Å². The number of nitrogens with zero attached hydrogens (tertiary/aromatic N) is 2. The Balaban J connectivity index is 1.94. The molecule has 0 fully saturated rings. The van der Waals surface area contributed by atoms with E-state index in [9.17, 15) is 0 Å². The molecule has 0 saturated carbocycles. The van der Waals surface area contributed by atoms with Gasteiger partial charge < -0.3 is 10.6 Å². The maximum atomic E-state index is 4.60. The molecule has 1 aliphatic rings. The van der Waals surface area contributed by atoms with Gasteiger partial charge in [0.2, 0.25) is 0 Å². The molecule has 0 bridgehead atoms. The summed E-state index contributed by atoms with van der Waals surface area (Å²) in [5.74, 6) is 2.42. The number of hydrogen-bond donors (Lipinski definition) is 2. The lowest BCUT2D eigenvalue weighted by atomic mass is 10.0. The maximum absolute atomic E-state index is 4.60. The standard InChI is InChI=1S/C18H28N4/c1-13(2)10-11-14(3)20-18-15(4)21-17(12-19-18)22-16-8-6-5-7-9-16/h6,8-9,12-14H,5,7,10-11H2,1-4H3,(H,19,20)(H,21,22). The first-order valence-electron chi connectivity index (χ1n) is 8.28. The van der Waals surface area contributed by atoms with Gasteiger partial charge in [0, 0.05) is 11.7 Å². The molecule has 1 aliphatic carbocycles. The summed E-state index contributed by atoms with van der Waals surface area (Å²) >= 11 is 0. The van der Waals surface area contributed by atoms with Gasteiger partial charge in [-0.2, -0.15) is 0 Å². The molecule has 0 amide bonds. The van der Waals surface area contributed by atoms with Gasteiger partial charge in [-0.15, -0.1) is 0 Å². The minimum Gasteiger partial charge on any atom is -0.366 e. The predicted octanol–water partition coefficient (Wildman–Crippen LogP) is 4.67. The molecule has 1 aromatic rings. The van der Waals surface area contributed by atoms with Gasteiger partial charge in [0.1, 0.15) is 11.6 Å². The lowest BCUT2D eigenvalue weighted by Gasteiger charge is -2.17. The number of hydrogen-bond acceptors (Lipinski definition) is 4. The number of aryl methyl sites for hydroxylation is 1. The van der Waals surface area contributed by atoms with Crippen molar-refractivity contribution in [2.75, 3.05) is 10.6 Å². The number of anilines is 2. The molecule has 0 spiro atoms. The summed E-state index contributed by atoms with van der Waals surface area (Å²) < 4.78 is 0. The van der Waals surface area contributed by atoms with Crippen LogP contribution in [0.4, 0.5) is 11.6 Å². The van der Waals surface area contributed by atoms with Gasteiger partial charge in [-0.1, -0.05) is 26.0 Å². The van der Waals surface area contributed by atoms with Crippen LogP contribution >= 0.6 is 0 Å². The smallest absolute Gasteiger partial charge is 0.149 e. The van der Waals surface area contributed by atoms with E-state index < -0.39 is 0 Å². The van der Waals surface area contributed by atoms with E-state index in [0.717, 1.165) is 48.2 Å².